The summed E-state index contributed by atoms with van der Waals surface area (Å²) in [5, 5.41) is -0.0780. The van der Waals surface area contributed by atoms with Crippen molar-refractivity contribution in [2.24, 2.45) is 5.73 Å². The second kappa shape index (κ2) is 5.60. The van der Waals surface area contributed by atoms with Crippen molar-refractivity contribution in [3.8, 4) is 0 Å². The maximum Gasteiger partial charge on any atom is 0.410 e. The van der Waals surface area contributed by atoms with Gasteiger partial charge in [-0.05, 0) is 20.8 Å². The van der Waals surface area contributed by atoms with Crippen molar-refractivity contribution in [1.29, 1.82) is 0 Å². The molecular weight excluding hydrogens is 310 g/mol. The molecule has 0 spiro atoms. The van der Waals surface area contributed by atoms with Gasteiger partial charge in [0.15, 0.2) is 0 Å². The van der Waals surface area contributed by atoms with Gasteiger partial charge in [0.1, 0.15) is 28.0 Å². The molecule has 1 fully saturated rings. The fourth-order valence-corrected chi connectivity index (χ4v) is 2.27. The Kier molecular flexibility index (Phi) is 4.15. The lowest BCUT2D eigenvalue weighted by Crippen LogP contribution is -2.50. The maximum absolute atomic E-state index is 11.8. The van der Waals surface area contributed by atoms with Crippen molar-refractivity contribution < 1.29 is 14.3 Å². The first-order valence-electron chi connectivity index (χ1n) is 6.69. The van der Waals surface area contributed by atoms with Crippen molar-refractivity contribution in [3.05, 3.63) is 16.5 Å². The molecule has 120 valence electrons. The number of aromatic nitrogens is 2. The fourth-order valence-electron chi connectivity index (χ4n) is 1.99. The van der Waals surface area contributed by atoms with E-state index in [0.29, 0.717) is 18.9 Å². The van der Waals surface area contributed by atoms with Gasteiger partial charge in [0.25, 0.3) is 5.91 Å². The van der Waals surface area contributed by atoms with E-state index in [1.54, 1.807) is 20.8 Å². The molecule has 8 nitrogen and oxygen atoms in total. The van der Waals surface area contributed by atoms with Crippen molar-refractivity contribution in [3.63, 3.8) is 0 Å². The molecule has 4 N–H and O–H groups in total. The van der Waals surface area contributed by atoms with Gasteiger partial charge in [-0.2, -0.15) is 0 Å². The van der Waals surface area contributed by atoms with Gasteiger partial charge in [-0.3, -0.25) is 4.79 Å². The van der Waals surface area contributed by atoms with Gasteiger partial charge >= 0.3 is 6.09 Å². The minimum atomic E-state index is -0.780. The average Bonchev–Trinajstić information content (AvgIpc) is 2.21. The highest BCUT2D eigenvalue weighted by Crippen LogP contribution is 2.29. The van der Waals surface area contributed by atoms with E-state index < -0.39 is 17.6 Å². The molecule has 0 bridgehead atoms. The fraction of sp³-hybridized carbons (Fsp3) is 0.538. The van der Waals surface area contributed by atoms with Crippen LogP contribution in [0, 0.1) is 0 Å². The van der Waals surface area contributed by atoms with Crippen LogP contribution in [0.4, 0.5) is 10.6 Å². The lowest BCUT2D eigenvalue weighted by Gasteiger charge is -2.38. The van der Waals surface area contributed by atoms with Crippen molar-refractivity contribution in [2.45, 2.75) is 32.3 Å². The Morgan fingerprint density at radius 2 is 1.91 bits per heavy atom. The summed E-state index contributed by atoms with van der Waals surface area (Å²) < 4.78 is 5.26. The number of halogens is 1. The Morgan fingerprint density at radius 1 is 1.32 bits per heavy atom. The second-order valence-electron chi connectivity index (χ2n) is 6.08. The molecule has 22 heavy (non-hydrogen) atoms. The number of amides is 2. The molecule has 0 aliphatic carbocycles. The molecule has 2 heterocycles. The van der Waals surface area contributed by atoms with Gasteiger partial charge in [-0.1, -0.05) is 11.6 Å². The van der Waals surface area contributed by atoms with Crippen LogP contribution < -0.4 is 11.5 Å². The van der Waals surface area contributed by atoms with Crippen LogP contribution in [-0.2, 0) is 4.74 Å². The van der Waals surface area contributed by atoms with Crippen molar-refractivity contribution in [1.82, 2.24) is 14.9 Å². The summed E-state index contributed by atoms with van der Waals surface area (Å²) in [6, 6.07) is 0. The van der Waals surface area contributed by atoms with E-state index in [2.05, 4.69) is 9.97 Å². The number of nitrogens with zero attached hydrogens (tertiary/aromatic N) is 3. The van der Waals surface area contributed by atoms with Gasteiger partial charge in [0.2, 0.25) is 0 Å². The highest BCUT2D eigenvalue weighted by atomic mass is 35.5. The Bertz CT molecular complexity index is 600. The number of likely N-dealkylation sites (tertiary alicyclic amines) is 1. The number of hydrogen-bond donors (Lipinski definition) is 2. The molecule has 0 atom stereocenters. The molecule has 0 saturated carbocycles. The summed E-state index contributed by atoms with van der Waals surface area (Å²) in [5.41, 5.74) is 10.2. The van der Waals surface area contributed by atoms with Gasteiger partial charge in [0.05, 0.1) is 5.92 Å². The zero-order chi connectivity index (χ0) is 16.7. The minimum Gasteiger partial charge on any atom is -0.444 e. The van der Waals surface area contributed by atoms with Crippen LogP contribution in [0.1, 0.15) is 42.9 Å². The minimum absolute atomic E-state index is 0.0572. The molecule has 1 saturated heterocycles. The number of nitrogen functional groups attached to an aromatic ring is 1. The van der Waals surface area contributed by atoms with Crippen LogP contribution in [0.15, 0.2) is 0 Å². The standard InChI is InChI=1S/C13H18ClN5O3/c1-13(2,3)22-12(21)19-4-6(5-19)11-17-8(14)7(10(16)20)9(15)18-11/h6H,4-5H2,1-3H3,(H2,16,20)(H2,15,17,18). The van der Waals surface area contributed by atoms with E-state index in [-0.39, 0.29) is 22.5 Å². The number of rotatable bonds is 2. The normalized spacial score (nSPS) is 15.4. The molecule has 9 heteroatoms. The highest BCUT2D eigenvalue weighted by Gasteiger charge is 2.36. The number of hydrogen-bond acceptors (Lipinski definition) is 6. The quantitative estimate of drug-likeness (QED) is 0.785. The van der Waals surface area contributed by atoms with E-state index in [1.165, 1.54) is 4.90 Å². The first kappa shape index (κ1) is 16.3. The molecule has 0 aromatic carbocycles. The van der Waals surface area contributed by atoms with Gasteiger partial charge in [-0.25, -0.2) is 14.8 Å². The number of carbonyl (C=O) groups is 2. The van der Waals surface area contributed by atoms with E-state index in [0.717, 1.165) is 0 Å². The number of primary amides is 1. The number of carbonyl (C=O) groups excluding carboxylic acids is 2. The molecule has 2 rings (SSSR count). The molecule has 1 aromatic rings. The molecule has 0 radical (unpaired) electrons. The average molecular weight is 328 g/mol. The molecule has 1 aliphatic rings. The predicted molar refractivity (Wildman–Crippen MR) is 80.5 cm³/mol. The van der Waals surface area contributed by atoms with E-state index in [1.807, 2.05) is 0 Å². The SMILES string of the molecule is CC(C)(C)OC(=O)N1CC(c2nc(N)c(C(N)=O)c(Cl)n2)C1. The lowest BCUT2D eigenvalue weighted by atomic mass is 10.00. The third-order valence-electron chi connectivity index (χ3n) is 3.05. The van der Waals surface area contributed by atoms with E-state index >= 15 is 0 Å². The van der Waals surface area contributed by atoms with Gasteiger partial charge in [-0.15, -0.1) is 0 Å². The zero-order valence-corrected chi connectivity index (χ0v) is 13.3. The van der Waals surface area contributed by atoms with Crippen LogP contribution in [0.3, 0.4) is 0 Å². The Labute approximate surface area is 132 Å². The summed E-state index contributed by atoms with van der Waals surface area (Å²) >= 11 is 5.90. The summed E-state index contributed by atoms with van der Waals surface area (Å²) in [5.74, 6) is -0.558. The molecule has 2 amide bonds. The van der Waals surface area contributed by atoms with Crippen LogP contribution in [-0.4, -0.2) is 45.6 Å². The van der Waals surface area contributed by atoms with Gasteiger partial charge in [0, 0.05) is 13.1 Å². The largest absolute Gasteiger partial charge is 0.444 e. The molecule has 1 aromatic heterocycles. The summed E-state index contributed by atoms with van der Waals surface area (Å²) in [6.45, 7) is 6.21. The van der Waals surface area contributed by atoms with Crippen molar-refractivity contribution >= 4 is 29.4 Å². The number of anilines is 1. The highest BCUT2D eigenvalue weighted by molar-refractivity contribution is 6.33. The number of ether oxygens (including phenoxy) is 1. The maximum atomic E-state index is 11.8. The topological polar surface area (TPSA) is 124 Å². The summed E-state index contributed by atoms with van der Waals surface area (Å²) in [7, 11) is 0. The third-order valence-corrected chi connectivity index (χ3v) is 3.33. The molecule has 1 aliphatic heterocycles. The first-order chi connectivity index (χ1) is 10.1. The first-order valence-corrected chi connectivity index (χ1v) is 7.07. The van der Waals surface area contributed by atoms with Crippen LogP contribution in [0.2, 0.25) is 5.15 Å². The Balaban J connectivity index is 2.05. The van der Waals surface area contributed by atoms with Gasteiger partial charge < -0.3 is 21.1 Å². The van der Waals surface area contributed by atoms with Crippen LogP contribution in [0.5, 0.6) is 0 Å². The monoisotopic (exact) mass is 327 g/mol. The smallest absolute Gasteiger partial charge is 0.410 e. The van der Waals surface area contributed by atoms with Crippen LogP contribution >= 0.6 is 11.6 Å². The molecular formula is C13H18ClN5O3. The third kappa shape index (κ3) is 3.38. The summed E-state index contributed by atoms with van der Waals surface area (Å²) in [4.78, 5) is 32.7. The predicted octanol–water partition coefficient (Wildman–Crippen LogP) is 1.15. The number of nitrogens with two attached hydrogens (primary N) is 2. The Morgan fingerprint density at radius 3 is 2.36 bits per heavy atom. The van der Waals surface area contributed by atoms with E-state index in [9.17, 15) is 9.59 Å². The van der Waals surface area contributed by atoms with Crippen LogP contribution in [0.25, 0.3) is 0 Å². The Hall–Kier alpha value is -2.09. The lowest BCUT2D eigenvalue weighted by molar-refractivity contribution is 0.00754. The molecule has 0 unspecified atom stereocenters. The summed E-state index contributed by atoms with van der Waals surface area (Å²) in [6.07, 6.45) is -0.392. The second-order valence-corrected chi connectivity index (χ2v) is 6.44. The van der Waals surface area contributed by atoms with E-state index in [4.69, 9.17) is 27.8 Å². The van der Waals surface area contributed by atoms with Crippen molar-refractivity contribution in [2.75, 3.05) is 18.8 Å². The zero-order valence-electron chi connectivity index (χ0n) is 12.6.